The lowest BCUT2D eigenvalue weighted by atomic mass is 10.0. The average molecular weight is 261 g/mol. The van der Waals surface area contributed by atoms with E-state index in [1.807, 2.05) is 30.3 Å². The fourth-order valence-corrected chi connectivity index (χ4v) is 1.95. The highest BCUT2D eigenvalue weighted by atomic mass is 35.5. The summed E-state index contributed by atoms with van der Waals surface area (Å²) in [4.78, 5) is 12.2. The molecule has 2 rings (SSSR count). The predicted octanol–water partition coefficient (Wildman–Crippen LogP) is 3.77. The molecule has 0 aliphatic heterocycles. The van der Waals surface area contributed by atoms with Crippen LogP contribution >= 0.6 is 11.6 Å². The number of ether oxygens (including phenoxy) is 1. The topological polar surface area (TPSA) is 26.3 Å². The molecule has 0 heterocycles. The Morgan fingerprint density at radius 1 is 1.17 bits per heavy atom. The second-order valence-corrected chi connectivity index (χ2v) is 4.37. The zero-order chi connectivity index (χ0) is 13.0. The van der Waals surface area contributed by atoms with Crippen molar-refractivity contribution in [2.45, 2.75) is 6.42 Å². The molecule has 0 radical (unpaired) electrons. The van der Waals surface area contributed by atoms with E-state index in [1.165, 1.54) is 0 Å². The predicted molar refractivity (Wildman–Crippen MR) is 72.5 cm³/mol. The molecule has 0 aromatic heterocycles. The molecule has 0 bridgehead atoms. The van der Waals surface area contributed by atoms with Gasteiger partial charge in [0.05, 0.1) is 12.7 Å². The van der Waals surface area contributed by atoms with Gasteiger partial charge < -0.3 is 4.74 Å². The maximum absolute atomic E-state index is 12.2. The van der Waals surface area contributed by atoms with Crippen LogP contribution in [0.15, 0.2) is 48.5 Å². The summed E-state index contributed by atoms with van der Waals surface area (Å²) < 4.78 is 5.18. The Balaban J connectivity index is 2.26. The normalized spacial score (nSPS) is 10.1. The van der Waals surface area contributed by atoms with Crippen molar-refractivity contribution in [1.82, 2.24) is 0 Å². The number of benzene rings is 2. The fourth-order valence-electron chi connectivity index (χ4n) is 1.77. The van der Waals surface area contributed by atoms with Crippen molar-refractivity contribution in [1.29, 1.82) is 0 Å². The van der Waals surface area contributed by atoms with E-state index in [4.69, 9.17) is 16.3 Å². The van der Waals surface area contributed by atoms with Gasteiger partial charge >= 0.3 is 0 Å². The van der Waals surface area contributed by atoms with Crippen molar-refractivity contribution in [3.8, 4) is 5.75 Å². The van der Waals surface area contributed by atoms with E-state index < -0.39 is 0 Å². The molecule has 2 nitrogen and oxygen atoms in total. The monoisotopic (exact) mass is 260 g/mol. The summed E-state index contributed by atoms with van der Waals surface area (Å²) in [6, 6.07) is 14.7. The highest BCUT2D eigenvalue weighted by molar-refractivity contribution is 6.31. The number of methoxy groups -OCH3 is 1. The molecule has 0 unspecified atom stereocenters. The lowest BCUT2D eigenvalue weighted by Gasteiger charge is -2.08. The number of Topliss-reactive ketones (excluding diaryl/α,β-unsaturated/α-hetero) is 1. The smallest absolute Gasteiger partial charge is 0.171 e. The second kappa shape index (κ2) is 5.69. The molecule has 18 heavy (non-hydrogen) atoms. The number of ketones is 1. The minimum absolute atomic E-state index is 0.000509. The summed E-state index contributed by atoms with van der Waals surface area (Å²) >= 11 is 5.91. The van der Waals surface area contributed by atoms with Gasteiger partial charge in [-0.25, -0.2) is 0 Å². The van der Waals surface area contributed by atoms with Crippen LogP contribution in [0.3, 0.4) is 0 Å². The zero-order valence-corrected chi connectivity index (χ0v) is 10.8. The highest BCUT2D eigenvalue weighted by Gasteiger charge is 2.13. The third-order valence-electron chi connectivity index (χ3n) is 2.67. The SMILES string of the molecule is COc1ccc(Cl)cc1C(=O)Cc1ccccc1. The quantitative estimate of drug-likeness (QED) is 0.782. The molecule has 0 saturated carbocycles. The molecule has 0 saturated heterocycles. The minimum atomic E-state index is 0.000509. The van der Waals surface area contributed by atoms with Crippen LogP contribution in [0.1, 0.15) is 15.9 Å². The van der Waals surface area contributed by atoms with Crippen molar-refractivity contribution in [3.05, 3.63) is 64.7 Å². The zero-order valence-electron chi connectivity index (χ0n) is 10.0. The summed E-state index contributed by atoms with van der Waals surface area (Å²) in [5, 5.41) is 0.534. The van der Waals surface area contributed by atoms with Gasteiger partial charge in [0.1, 0.15) is 5.75 Å². The van der Waals surface area contributed by atoms with Crippen LogP contribution in [-0.2, 0) is 6.42 Å². The third-order valence-corrected chi connectivity index (χ3v) is 2.90. The fraction of sp³-hybridized carbons (Fsp3) is 0.133. The molecule has 0 spiro atoms. The van der Waals surface area contributed by atoms with E-state index in [-0.39, 0.29) is 5.78 Å². The molecule has 0 fully saturated rings. The first-order chi connectivity index (χ1) is 8.70. The van der Waals surface area contributed by atoms with Gasteiger partial charge in [-0.3, -0.25) is 4.79 Å². The van der Waals surface area contributed by atoms with Crippen LogP contribution in [0.4, 0.5) is 0 Å². The third kappa shape index (κ3) is 2.90. The summed E-state index contributed by atoms with van der Waals surface area (Å²) in [6.07, 6.45) is 0.345. The van der Waals surface area contributed by atoms with Gasteiger partial charge in [0.25, 0.3) is 0 Å². The first-order valence-corrected chi connectivity index (χ1v) is 5.99. The first-order valence-electron chi connectivity index (χ1n) is 5.61. The van der Waals surface area contributed by atoms with Gasteiger partial charge in [-0.1, -0.05) is 41.9 Å². The number of hydrogen-bond donors (Lipinski definition) is 0. The second-order valence-electron chi connectivity index (χ2n) is 3.93. The summed E-state index contributed by atoms with van der Waals surface area (Å²) in [6.45, 7) is 0. The first kappa shape index (κ1) is 12.7. The molecule has 92 valence electrons. The largest absolute Gasteiger partial charge is 0.496 e. The molecule has 2 aromatic rings. The lowest BCUT2D eigenvalue weighted by molar-refractivity contribution is 0.0990. The van der Waals surface area contributed by atoms with Gasteiger partial charge in [-0.2, -0.15) is 0 Å². The molecule has 0 aliphatic rings. The maximum atomic E-state index is 12.2. The van der Waals surface area contributed by atoms with Crippen molar-refractivity contribution >= 4 is 17.4 Å². The lowest BCUT2D eigenvalue weighted by Crippen LogP contribution is -2.05. The van der Waals surface area contributed by atoms with E-state index in [0.717, 1.165) is 5.56 Å². The van der Waals surface area contributed by atoms with Gasteiger partial charge in [-0.05, 0) is 23.8 Å². The van der Waals surface area contributed by atoms with E-state index in [9.17, 15) is 4.79 Å². The van der Waals surface area contributed by atoms with Crippen LogP contribution in [0.5, 0.6) is 5.75 Å². The van der Waals surface area contributed by atoms with E-state index in [1.54, 1.807) is 25.3 Å². The highest BCUT2D eigenvalue weighted by Crippen LogP contribution is 2.24. The van der Waals surface area contributed by atoms with Crippen LogP contribution in [-0.4, -0.2) is 12.9 Å². The summed E-state index contributed by atoms with van der Waals surface area (Å²) in [7, 11) is 1.54. The molecule has 0 aliphatic carbocycles. The molecule has 3 heteroatoms. The molecule has 0 atom stereocenters. The van der Waals surface area contributed by atoms with E-state index >= 15 is 0 Å². The molecular weight excluding hydrogens is 248 g/mol. The van der Waals surface area contributed by atoms with Gasteiger partial charge in [0.15, 0.2) is 5.78 Å². The Labute approximate surface area is 111 Å². The van der Waals surface area contributed by atoms with Crippen molar-refractivity contribution in [2.75, 3.05) is 7.11 Å². The number of hydrogen-bond acceptors (Lipinski definition) is 2. The van der Waals surface area contributed by atoms with Crippen molar-refractivity contribution in [3.63, 3.8) is 0 Å². The molecule has 0 N–H and O–H groups in total. The molecule has 0 amide bonds. The van der Waals surface area contributed by atoms with Crippen molar-refractivity contribution in [2.24, 2.45) is 0 Å². The summed E-state index contributed by atoms with van der Waals surface area (Å²) in [5.74, 6) is 0.556. The van der Waals surface area contributed by atoms with Gasteiger partial charge in [0, 0.05) is 11.4 Å². The summed E-state index contributed by atoms with van der Waals surface area (Å²) in [5.41, 5.74) is 1.50. The Bertz CT molecular complexity index is 550. The van der Waals surface area contributed by atoms with Crippen LogP contribution in [0.2, 0.25) is 5.02 Å². The van der Waals surface area contributed by atoms with Crippen molar-refractivity contribution < 1.29 is 9.53 Å². The van der Waals surface area contributed by atoms with Crippen LogP contribution < -0.4 is 4.74 Å². The van der Waals surface area contributed by atoms with Crippen LogP contribution in [0, 0.1) is 0 Å². The van der Waals surface area contributed by atoms with E-state index in [0.29, 0.717) is 22.8 Å². The Morgan fingerprint density at radius 3 is 2.56 bits per heavy atom. The number of halogens is 1. The molecule has 2 aromatic carbocycles. The maximum Gasteiger partial charge on any atom is 0.171 e. The minimum Gasteiger partial charge on any atom is -0.496 e. The Morgan fingerprint density at radius 2 is 1.89 bits per heavy atom. The van der Waals surface area contributed by atoms with Gasteiger partial charge in [0.2, 0.25) is 0 Å². The number of carbonyl (C=O) groups excluding carboxylic acids is 1. The van der Waals surface area contributed by atoms with Crippen LogP contribution in [0.25, 0.3) is 0 Å². The Hall–Kier alpha value is -1.80. The molecular formula is C15H13ClO2. The Kier molecular flexibility index (Phi) is 4.00. The van der Waals surface area contributed by atoms with E-state index in [2.05, 4.69) is 0 Å². The van der Waals surface area contributed by atoms with Gasteiger partial charge in [-0.15, -0.1) is 0 Å². The number of carbonyl (C=O) groups is 1. The standard InChI is InChI=1S/C15H13ClO2/c1-18-15-8-7-12(16)10-13(15)14(17)9-11-5-3-2-4-6-11/h2-8,10H,9H2,1H3. The average Bonchev–Trinajstić information content (AvgIpc) is 2.40. The number of rotatable bonds is 4.